The van der Waals surface area contributed by atoms with Crippen molar-refractivity contribution in [2.75, 3.05) is 18.8 Å². The molecule has 0 radical (unpaired) electrons. The quantitative estimate of drug-likeness (QED) is 0.198. The van der Waals surface area contributed by atoms with Crippen LogP contribution in [0.25, 0.3) is 0 Å². The van der Waals surface area contributed by atoms with Crippen LogP contribution in [0.5, 0.6) is 0 Å². The summed E-state index contributed by atoms with van der Waals surface area (Å²) in [6.45, 7) is 20.6. The minimum atomic E-state index is -0.135. The van der Waals surface area contributed by atoms with Gasteiger partial charge in [-0.05, 0) is 104 Å². The van der Waals surface area contributed by atoms with Crippen LogP contribution in [-0.2, 0) is 9.53 Å². The van der Waals surface area contributed by atoms with E-state index in [1.807, 2.05) is 0 Å². The van der Waals surface area contributed by atoms with Gasteiger partial charge in [0.15, 0.2) is 0 Å². The van der Waals surface area contributed by atoms with Gasteiger partial charge in [0.25, 0.3) is 0 Å². The molecule has 4 nitrogen and oxygen atoms in total. The molecule has 4 aliphatic rings. The van der Waals surface area contributed by atoms with Crippen molar-refractivity contribution in [1.29, 1.82) is 0 Å². The lowest BCUT2D eigenvalue weighted by molar-refractivity contribution is -0.195. The van der Waals surface area contributed by atoms with Gasteiger partial charge in [0.1, 0.15) is 10.4 Å². The van der Waals surface area contributed by atoms with Crippen molar-refractivity contribution in [1.82, 2.24) is 4.90 Å². The predicted octanol–water partition coefficient (Wildman–Crippen LogP) is 8.60. The summed E-state index contributed by atoms with van der Waals surface area (Å²) in [4.78, 5) is 15.9. The predicted molar refractivity (Wildman–Crippen MR) is 177 cm³/mol. The maximum absolute atomic E-state index is 13.6. The molecule has 41 heavy (non-hydrogen) atoms. The fraction of sp³-hybridized carbons (Fsp3) is 0.943. The van der Waals surface area contributed by atoms with E-state index in [0.29, 0.717) is 47.2 Å². The van der Waals surface area contributed by atoms with Gasteiger partial charge in [-0.15, -0.1) is 0 Å². The smallest absolute Gasteiger partial charge is 0.316 e. The number of aliphatic hydroxyl groups excluding tert-OH is 1. The lowest BCUT2D eigenvalue weighted by Crippen LogP contribution is -2.59. The van der Waals surface area contributed by atoms with Crippen molar-refractivity contribution < 1.29 is 14.6 Å². The number of ether oxygens (including phenoxy) is 1. The highest BCUT2D eigenvalue weighted by atomic mass is 32.2. The first-order valence-corrected chi connectivity index (χ1v) is 18.5. The number of carbonyl (C=O) groups is 1. The molecule has 0 aliphatic heterocycles. The van der Waals surface area contributed by atoms with Crippen molar-refractivity contribution in [3.8, 4) is 0 Å². The van der Waals surface area contributed by atoms with Crippen LogP contribution < -0.4 is 0 Å². The molecule has 0 spiro atoms. The van der Waals surface area contributed by atoms with Crippen LogP contribution in [0, 0.1) is 58.2 Å². The largest absolute Gasteiger partial charge is 0.461 e. The lowest BCUT2D eigenvalue weighted by Gasteiger charge is -2.62. The molecule has 6 heteroatoms. The molecule has 4 fully saturated rings. The molecule has 1 N–H and O–H groups in total. The molecular formula is C35H61NO3S2. The standard InChI is InChI=1S/C35H61NO3S2/c1-9-10-24(6)28-13-14-29-27-12-11-25-17-26(37)15-16-34(25,7)30(27)18-31(35(28,29)8)39-32(38)21-41-33(40)36(19-22(2)3)20-23(4)5/h22-31,37H,9-21H2,1-8H3/t24-,25-,26-,27+,28-,29+,30+,31+,34+,35-/m1/s1. The number of esters is 1. The number of hydrogen-bond donors (Lipinski definition) is 1. The average Bonchev–Trinajstić information content (AvgIpc) is 3.26. The first-order valence-electron chi connectivity index (χ1n) is 17.1. The third kappa shape index (κ3) is 7.00. The SMILES string of the molecule is CCC[C@@H](C)[C@H]1CC[C@H]2[C@@H]3CC[C@@H]4C[C@H](O)CC[C@]4(C)[C@H]3C[C@H](OC(=O)CSC(=S)N(CC(C)C)CC(C)C)[C@]12C. The molecule has 0 aromatic rings. The first-order chi connectivity index (χ1) is 19.3. The lowest BCUT2D eigenvalue weighted by atomic mass is 9.43. The zero-order valence-electron chi connectivity index (χ0n) is 27.5. The van der Waals surface area contributed by atoms with E-state index in [-0.39, 0.29) is 29.0 Å². The average molecular weight is 608 g/mol. The summed E-state index contributed by atoms with van der Waals surface area (Å²) in [6, 6.07) is 0. The second-order valence-corrected chi connectivity index (χ2v) is 17.5. The molecule has 0 aromatic heterocycles. The molecule has 10 atom stereocenters. The molecule has 0 bridgehead atoms. The number of thiocarbonyl (C=S) groups is 1. The number of rotatable bonds is 10. The van der Waals surface area contributed by atoms with E-state index in [1.54, 1.807) is 0 Å². The van der Waals surface area contributed by atoms with Crippen LogP contribution in [-0.4, -0.2) is 51.3 Å². The molecule has 0 amide bonds. The van der Waals surface area contributed by atoms with Crippen LogP contribution in [0.15, 0.2) is 0 Å². The van der Waals surface area contributed by atoms with Gasteiger partial charge in [0.2, 0.25) is 0 Å². The van der Waals surface area contributed by atoms with Crippen molar-refractivity contribution in [2.24, 2.45) is 58.2 Å². The fourth-order valence-electron chi connectivity index (χ4n) is 10.5. The van der Waals surface area contributed by atoms with Gasteiger partial charge in [-0.25, -0.2) is 0 Å². The minimum absolute atomic E-state index is 0.0212. The van der Waals surface area contributed by atoms with E-state index < -0.39 is 0 Å². The van der Waals surface area contributed by atoms with Gasteiger partial charge in [0, 0.05) is 18.5 Å². The number of aliphatic hydroxyl groups is 1. The highest BCUT2D eigenvalue weighted by Gasteiger charge is 2.65. The zero-order chi connectivity index (χ0) is 30.1. The molecule has 0 aromatic carbocycles. The summed E-state index contributed by atoms with van der Waals surface area (Å²) in [5.41, 5.74) is 0.307. The Balaban J connectivity index is 1.53. The molecule has 0 heterocycles. The van der Waals surface area contributed by atoms with Gasteiger partial charge in [-0.1, -0.05) is 92.2 Å². The molecule has 4 rings (SSSR count). The van der Waals surface area contributed by atoms with Crippen LogP contribution in [0.1, 0.15) is 120 Å². The molecule has 4 saturated carbocycles. The van der Waals surface area contributed by atoms with E-state index in [2.05, 4.69) is 60.3 Å². The van der Waals surface area contributed by atoms with E-state index in [1.165, 1.54) is 50.3 Å². The zero-order valence-corrected chi connectivity index (χ0v) is 29.1. The highest BCUT2D eigenvalue weighted by Crippen LogP contribution is 2.69. The van der Waals surface area contributed by atoms with E-state index in [4.69, 9.17) is 17.0 Å². The van der Waals surface area contributed by atoms with Gasteiger partial charge in [0.05, 0.1) is 11.9 Å². The third-order valence-electron chi connectivity index (χ3n) is 12.2. The maximum atomic E-state index is 13.6. The summed E-state index contributed by atoms with van der Waals surface area (Å²) < 4.78 is 7.50. The maximum Gasteiger partial charge on any atom is 0.316 e. The highest BCUT2D eigenvalue weighted by molar-refractivity contribution is 8.23. The summed E-state index contributed by atoms with van der Waals surface area (Å²) in [5.74, 6) is 5.10. The fourth-order valence-corrected chi connectivity index (χ4v) is 11.4. The molecule has 0 unspecified atom stereocenters. The number of nitrogens with zero attached hydrogens (tertiary/aromatic N) is 1. The van der Waals surface area contributed by atoms with Crippen molar-refractivity contribution in [3.05, 3.63) is 0 Å². The summed E-state index contributed by atoms with van der Waals surface area (Å²) in [6.07, 6.45) is 11.4. The van der Waals surface area contributed by atoms with Crippen LogP contribution in [0.3, 0.4) is 0 Å². The van der Waals surface area contributed by atoms with Gasteiger partial charge >= 0.3 is 5.97 Å². The van der Waals surface area contributed by atoms with E-state index >= 15 is 0 Å². The summed E-state index contributed by atoms with van der Waals surface area (Å²) in [5, 5.41) is 10.5. The second-order valence-electron chi connectivity index (χ2n) is 15.9. The van der Waals surface area contributed by atoms with Crippen LogP contribution in [0.4, 0.5) is 0 Å². The molecule has 236 valence electrons. The van der Waals surface area contributed by atoms with E-state index in [9.17, 15) is 9.90 Å². The van der Waals surface area contributed by atoms with Gasteiger partial charge in [-0.3, -0.25) is 4.79 Å². The van der Waals surface area contributed by atoms with Crippen LogP contribution in [0.2, 0.25) is 0 Å². The van der Waals surface area contributed by atoms with E-state index in [0.717, 1.165) is 49.0 Å². The van der Waals surface area contributed by atoms with Crippen LogP contribution >= 0.6 is 24.0 Å². The van der Waals surface area contributed by atoms with Crippen molar-refractivity contribution in [2.45, 2.75) is 132 Å². The number of hydrogen-bond acceptors (Lipinski definition) is 5. The minimum Gasteiger partial charge on any atom is -0.461 e. The Morgan fingerprint density at radius 1 is 1.00 bits per heavy atom. The Bertz CT molecular complexity index is 900. The van der Waals surface area contributed by atoms with Gasteiger partial charge in [-0.2, -0.15) is 0 Å². The van der Waals surface area contributed by atoms with Gasteiger partial charge < -0.3 is 14.7 Å². The Morgan fingerprint density at radius 2 is 1.68 bits per heavy atom. The monoisotopic (exact) mass is 607 g/mol. The Hall–Kier alpha value is -0.330. The topological polar surface area (TPSA) is 49.8 Å². The Labute approximate surface area is 261 Å². The number of thioether (sulfide) groups is 1. The third-order valence-corrected chi connectivity index (χ3v) is 13.7. The van der Waals surface area contributed by atoms with Crippen molar-refractivity contribution in [3.63, 3.8) is 0 Å². The summed E-state index contributed by atoms with van der Waals surface area (Å²) in [7, 11) is 0. The normalized spacial score (nSPS) is 39.1. The number of carbonyl (C=O) groups excluding carboxylic acids is 1. The first kappa shape index (κ1) is 33.6. The number of fused-ring (bicyclic) bond motifs is 5. The summed E-state index contributed by atoms with van der Waals surface area (Å²) >= 11 is 7.34. The van der Waals surface area contributed by atoms with Crippen molar-refractivity contribution >= 4 is 34.3 Å². The Morgan fingerprint density at radius 3 is 2.32 bits per heavy atom. The second kappa shape index (κ2) is 13.8. The Kier molecular flexibility index (Phi) is 11.3. The molecular weight excluding hydrogens is 547 g/mol. The molecule has 0 saturated heterocycles. The molecule has 4 aliphatic carbocycles.